The van der Waals surface area contributed by atoms with Crippen LogP contribution in [-0.4, -0.2) is 19.3 Å². The molecule has 1 aromatic rings. The molecule has 0 unspecified atom stereocenters. The quantitative estimate of drug-likeness (QED) is 0.249. The molecule has 1 rings (SSSR count). The number of hydrogen-bond donors (Lipinski definition) is 1. The second-order valence-electron chi connectivity index (χ2n) is 2.37. The third-order valence-corrected chi connectivity index (χ3v) is 2.35. The summed E-state index contributed by atoms with van der Waals surface area (Å²) in [7, 11) is -4.55. The molecule has 0 aliphatic rings. The van der Waals surface area contributed by atoms with Crippen LogP contribution in [0.2, 0.25) is 0 Å². The molecule has 0 heterocycles. The van der Waals surface area contributed by atoms with Crippen LogP contribution in [0.4, 0.5) is 5.69 Å². The molecule has 70 valence electrons. The Kier molecular flexibility index (Phi) is 4.76. The van der Waals surface area contributed by atoms with E-state index < -0.39 is 15.0 Å². The predicted molar refractivity (Wildman–Crippen MR) is 44.2 cm³/mol. The van der Waals surface area contributed by atoms with E-state index in [9.17, 15) is 17.8 Å². The van der Waals surface area contributed by atoms with Crippen molar-refractivity contribution in [1.29, 1.82) is 0 Å². The minimum atomic E-state index is -4.55. The number of benzene rings is 1. The van der Waals surface area contributed by atoms with Gasteiger partial charge in [0.2, 0.25) is 0 Å². The summed E-state index contributed by atoms with van der Waals surface area (Å²) in [4.78, 5) is 9.73. The third kappa shape index (κ3) is 3.07. The van der Waals surface area contributed by atoms with Crippen molar-refractivity contribution in [3.8, 4) is 0 Å². The average Bonchev–Trinajstić information content (AvgIpc) is 2.01. The Bertz CT molecular complexity index is 443. The van der Waals surface area contributed by atoms with Gasteiger partial charge in [-0.1, -0.05) is 6.07 Å². The van der Waals surface area contributed by atoms with Gasteiger partial charge in [0, 0.05) is 11.3 Å². The van der Waals surface area contributed by atoms with E-state index in [1.54, 1.807) is 0 Å². The van der Waals surface area contributed by atoms with Gasteiger partial charge in [0.1, 0.15) is 16.4 Å². The first kappa shape index (κ1) is 13.6. The molecular weight excluding hydrogens is 217 g/mol. The summed E-state index contributed by atoms with van der Waals surface area (Å²) in [6.07, 6.45) is 0.511. The van der Waals surface area contributed by atoms with Gasteiger partial charge in [0.25, 0.3) is 0 Å². The minimum Gasteiger partial charge on any atom is -0.744 e. The summed E-state index contributed by atoms with van der Waals surface area (Å²) in [5.41, 5.74) is 5.26. The summed E-state index contributed by atoms with van der Waals surface area (Å²) in [5.74, 6) is 0. The molecule has 0 bridgehead atoms. The van der Waals surface area contributed by atoms with Crippen LogP contribution in [0.5, 0.6) is 0 Å². The van der Waals surface area contributed by atoms with Gasteiger partial charge in [-0.05, 0) is 12.1 Å². The second-order valence-corrected chi connectivity index (χ2v) is 3.72. The van der Waals surface area contributed by atoms with E-state index in [-0.39, 0.29) is 40.8 Å². The SMILES string of the molecule is Nc1cc(C=O)ccc1S(=O)(=O)[O-].[Na+]. The van der Waals surface area contributed by atoms with Crippen LogP contribution in [0.25, 0.3) is 0 Å². The Morgan fingerprint density at radius 1 is 1.36 bits per heavy atom. The summed E-state index contributed by atoms with van der Waals surface area (Å²) in [6.45, 7) is 0. The molecule has 0 radical (unpaired) electrons. The predicted octanol–water partition coefficient (Wildman–Crippen LogP) is -3.01. The molecule has 5 nitrogen and oxygen atoms in total. The Labute approximate surface area is 103 Å². The maximum absolute atomic E-state index is 10.5. The van der Waals surface area contributed by atoms with Crippen molar-refractivity contribution in [3.63, 3.8) is 0 Å². The maximum atomic E-state index is 10.5. The van der Waals surface area contributed by atoms with E-state index in [0.717, 1.165) is 12.1 Å². The van der Waals surface area contributed by atoms with Crippen LogP contribution >= 0.6 is 0 Å². The molecule has 2 N–H and O–H groups in total. The Morgan fingerprint density at radius 2 is 1.93 bits per heavy atom. The zero-order chi connectivity index (χ0) is 10.1. The number of anilines is 1. The molecule has 0 atom stereocenters. The van der Waals surface area contributed by atoms with Crippen LogP contribution < -0.4 is 35.3 Å². The van der Waals surface area contributed by atoms with E-state index in [2.05, 4.69) is 0 Å². The van der Waals surface area contributed by atoms with Gasteiger partial charge >= 0.3 is 29.6 Å². The summed E-state index contributed by atoms with van der Waals surface area (Å²) < 4.78 is 31.6. The van der Waals surface area contributed by atoms with Gasteiger partial charge in [0.05, 0.1) is 4.90 Å². The van der Waals surface area contributed by atoms with Crippen molar-refractivity contribution in [2.75, 3.05) is 5.73 Å². The molecular formula is C7H6NNaO4S. The van der Waals surface area contributed by atoms with Crippen molar-refractivity contribution < 1.29 is 47.3 Å². The first-order chi connectivity index (χ1) is 5.95. The van der Waals surface area contributed by atoms with Crippen molar-refractivity contribution in [3.05, 3.63) is 23.8 Å². The first-order valence-electron chi connectivity index (χ1n) is 3.26. The number of carbonyl (C=O) groups excluding carboxylic acids is 1. The number of hydrogen-bond acceptors (Lipinski definition) is 5. The molecule has 0 aliphatic carbocycles. The molecule has 0 amide bonds. The van der Waals surface area contributed by atoms with Crippen LogP contribution in [0.15, 0.2) is 23.1 Å². The monoisotopic (exact) mass is 223 g/mol. The average molecular weight is 223 g/mol. The summed E-state index contributed by atoms with van der Waals surface area (Å²) in [6, 6.07) is 3.37. The molecule has 0 saturated carbocycles. The van der Waals surface area contributed by atoms with Crippen molar-refractivity contribution in [2.45, 2.75) is 4.90 Å². The number of rotatable bonds is 2. The fraction of sp³-hybridized carbons (Fsp3) is 0. The van der Waals surface area contributed by atoms with Gasteiger partial charge < -0.3 is 10.3 Å². The van der Waals surface area contributed by atoms with Crippen molar-refractivity contribution >= 4 is 22.1 Å². The standard InChI is InChI=1S/C7H7NO4S.Na/c8-6-3-5(4-9)1-2-7(6)13(10,11)12;/h1-4H,8H2,(H,10,11,12);/q;+1/p-1. The molecule has 0 aliphatic heterocycles. The molecule has 14 heavy (non-hydrogen) atoms. The molecule has 7 heteroatoms. The molecule has 0 aromatic heterocycles. The van der Waals surface area contributed by atoms with E-state index in [0.29, 0.717) is 6.29 Å². The van der Waals surface area contributed by atoms with Gasteiger partial charge in [-0.25, -0.2) is 8.42 Å². The van der Waals surface area contributed by atoms with Crippen LogP contribution in [0.3, 0.4) is 0 Å². The fourth-order valence-electron chi connectivity index (χ4n) is 0.868. The molecule has 0 saturated heterocycles. The normalized spacial score (nSPS) is 10.4. The van der Waals surface area contributed by atoms with Crippen LogP contribution in [-0.2, 0) is 10.1 Å². The Morgan fingerprint density at radius 3 is 2.29 bits per heavy atom. The third-order valence-electron chi connectivity index (χ3n) is 1.44. The van der Waals surface area contributed by atoms with Crippen molar-refractivity contribution in [1.82, 2.24) is 0 Å². The molecule has 0 spiro atoms. The Hall–Kier alpha value is -0.400. The van der Waals surface area contributed by atoms with E-state index in [4.69, 9.17) is 5.73 Å². The van der Waals surface area contributed by atoms with Crippen LogP contribution in [0.1, 0.15) is 10.4 Å². The van der Waals surface area contributed by atoms with E-state index in [1.165, 1.54) is 6.07 Å². The van der Waals surface area contributed by atoms with Crippen molar-refractivity contribution in [2.24, 2.45) is 0 Å². The van der Waals surface area contributed by atoms with E-state index >= 15 is 0 Å². The molecule has 1 aromatic carbocycles. The first-order valence-corrected chi connectivity index (χ1v) is 4.66. The van der Waals surface area contributed by atoms with Gasteiger partial charge in [-0.2, -0.15) is 0 Å². The maximum Gasteiger partial charge on any atom is 1.00 e. The second kappa shape index (κ2) is 4.90. The zero-order valence-electron chi connectivity index (χ0n) is 7.43. The smallest absolute Gasteiger partial charge is 0.744 e. The minimum absolute atomic E-state index is 0. The number of nitrogen functional groups attached to an aromatic ring is 1. The van der Waals surface area contributed by atoms with Gasteiger partial charge in [0.15, 0.2) is 0 Å². The fourth-order valence-corrected chi connectivity index (χ4v) is 1.45. The number of aldehydes is 1. The van der Waals surface area contributed by atoms with Gasteiger partial charge in [-0.3, -0.25) is 4.79 Å². The largest absolute Gasteiger partial charge is 1.00 e. The molecule has 0 fully saturated rings. The summed E-state index contributed by atoms with van der Waals surface area (Å²) in [5, 5.41) is 0. The van der Waals surface area contributed by atoms with Crippen LogP contribution in [0, 0.1) is 0 Å². The van der Waals surface area contributed by atoms with Gasteiger partial charge in [-0.15, -0.1) is 0 Å². The topological polar surface area (TPSA) is 100 Å². The number of carbonyl (C=O) groups is 1. The number of nitrogens with two attached hydrogens (primary N) is 1. The Balaban J connectivity index is 0.00000169. The zero-order valence-corrected chi connectivity index (χ0v) is 10.2. The van der Waals surface area contributed by atoms with E-state index in [1.807, 2.05) is 0 Å². The summed E-state index contributed by atoms with van der Waals surface area (Å²) >= 11 is 0.